The van der Waals surface area contributed by atoms with E-state index in [0.29, 0.717) is 0 Å². The third-order valence-electron chi connectivity index (χ3n) is 4.79. The smallest absolute Gasteiger partial charge is 0.0230 e. The molecule has 2 heteroatoms. The minimum absolute atomic E-state index is 0.718. The zero-order valence-electron chi connectivity index (χ0n) is 11.4. The van der Waals surface area contributed by atoms with Gasteiger partial charge in [-0.05, 0) is 56.3 Å². The molecular weight excluding hydrogens is 220 g/mol. The van der Waals surface area contributed by atoms with E-state index in [0.717, 1.165) is 17.9 Å². The van der Waals surface area contributed by atoms with Crippen molar-refractivity contribution in [3.8, 4) is 0 Å². The summed E-state index contributed by atoms with van der Waals surface area (Å²) in [6.45, 7) is 4.83. The van der Waals surface area contributed by atoms with Gasteiger partial charge in [0.15, 0.2) is 0 Å². The van der Waals surface area contributed by atoms with Gasteiger partial charge >= 0.3 is 0 Å². The zero-order chi connectivity index (χ0) is 12.4. The molecule has 1 heterocycles. The van der Waals surface area contributed by atoms with Crippen LogP contribution in [0.25, 0.3) is 0 Å². The maximum Gasteiger partial charge on any atom is 0.0230 e. The van der Waals surface area contributed by atoms with E-state index >= 15 is 0 Å². The van der Waals surface area contributed by atoms with Crippen LogP contribution in [0.1, 0.15) is 24.8 Å². The van der Waals surface area contributed by atoms with E-state index in [9.17, 15) is 0 Å². The molecule has 0 aromatic heterocycles. The van der Waals surface area contributed by atoms with Crippen molar-refractivity contribution in [2.24, 2.45) is 11.3 Å². The predicted octanol–water partition coefficient (Wildman–Crippen LogP) is 2.51. The average Bonchev–Trinajstić information content (AvgIpc) is 3.02. The molecule has 2 nitrogen and oxygen atoms in total. The van der Waals surface area contributed by atoms with Crippen LogP contribution in [-0.2, 0) is 6.54 Å². The van der Waals surface area contributed by atoms with E-state index in [1.165, 1.54) is 44.5 Å². The third-order valence-corrected chi connectivity index (χ3v) is 4.79. The molecule has 3 rings (SSSR count). The number of piperidine rings is 1. The van der Waals surface area contributed by atoms with Gasteiger partial charge < -0.3 is 10.2 Å². The van der Waals surface area contributed by atoms with Gasteiger partial charge in [0.2, 0.25) is 0 Å². The summed E-state index contributed by atoms with van der Waals surface area (Å²) in [5.74, 6) is 0.952. The summed E-state index contributed by atoms with van der Waals surface area (Å²) in [7, 11) is 2.26. The molecule has 98 valence electrons. The number of nitrogens with one attached hydrogen (secondary N) is 1. The molecule has 1 N–H and O–H groups in total. The Labute approximate surface area is 110 Å². The normalized spacial score (nSPS) is 25.6. The highest BCUT2D eigenvalue weighted by Gasteiger charge is 2.53. The fraction of sp³-hybridized carbons (Fsp3) is 0.625. The minimum atomic E-state index is 0.718. The van der Waals surface area contributed by atoms with Crippen LogP contribution in [0.2, 0.25) is 0 Å². The van der Waals surface area contributed by atoms with Gasteiger partial charge in [0.25, 0.3) is 0 Å². The Hall–Kier alpha value is -0.860. The summed E-state index contributed by atoms with van der Waals surface area (Å²) in [6.07, 6.45) is 4.27. The molecule has 1 spiro atoms. The van der Waals surface area contributed by atoms with Crippen LogP contribution in [0.4, 0.5) is 0 Å². The summed E-state index contributed by atoms with van der Waals surface area (Å²) < 4.78 is 0. The predicted molar refractivity (Wildman–Crippen MR) is 75.4 cm³/mol. The summed E-state index contributed by atoms with van der Waals surface area (Å²) in [6, 6.07) is 10.8. The number of nitrogens with zero attached hydrogens (tertiary/aromatic N) is 1. The first kappa shape index (κ1) is 12.2. The van der Waals surface area contributed by atoms with E-state index in [1.54, 1.807) is 0 Å². The minimum Gasteiger partial charge on any atom is -0.317 e. The van der Waals surface area contributed by atoms with E-state index in [4.69, 9.17) is 0 Å². The van der Waals surface area contributed by atoms with Gasteiger partial charge in [-0.1, -0.05) is 30.3 Å². The second-order valence-corrected chi connectivity index (χ2v) is 6.20. The van der Waals surface area contributed by atoms with Crippen LogP contribution in [0.15, 0.2) is 30.3 Å². The van der Waals surface area contributed by atoms with Crippen LogP contribution < -0.4 is 5.32 Å². The lowest BCUT2D eigenvalue weighted by molar-refractivity contribution is 0.257. The molecule has 1 unspecified atom stereocenters. The standard InChI is InChI=1S/C16H24N2/c1-18(12-14-5-3-2-4-6-14)13-15-11-16(15)7-9-17-10-8-16/h2-6,15,17H,7-13H2,1H3. The highest BCUT2D eigenvalue weighted by Crippen LogP contribution is 2.58. The summed E-state index contributed by atoms with van der Waals surface area (Å²) >= 11 is 0. The molecule has 2 aliphatic rings. The number of benzene rings is 1. The van der Waals surface area contributed by atoms with Crippen LogP contribution in [0.3, 0.4) is 0 Å². The Bertz CT molecular complexity index is 381. The maximum absolute atomic E-state index is 3.48. The van der Waals surface area contributed by atoms with Gasteiger partial charge in [-0.3, -0.25) is 0 Å². The third kappa shape index (κ3) is 2.60. The quantitative estimate of drug-likeness (QED) is 0.875. The van der Waals surface area contributed by atoms with Crippen LogP contribution in [0, 0.1) is 11.3 Å². The SMILES string of the molecule is CN(Cc1ccccc1)CC1CC12CCNCC2. The summed E-state index contributed by atoms with van der Waals surface area (Å²) in [5.41, 5.74) is 2.15. The van der Waals surface area contributed by atoms with Gasteiger partial charge in [0, 0.05) is 13.1 Å². The van der Waals surface area contributed by atoms with Crippen molar-refractivity contribution >= 4 is 0 Å². The topological polar surface area (TPSA) is 15.3 Å². The largest absolute Gasteiger partial charge is 0.317 e. The van der Waals surface area contributed by atoms with Crippen molar-refractivity contribution in [2.45, 2.75) is 25.8 Å². The maximum atomic E-state index is 3.48. The molecule has 1 saturated carbocycles. The van der Waals surface area contributed by atoms with E-state index in [1.807, 2.05) is 0 Å². The second kappa shape index (κ2) is 5.02. The average molecular weight is 244 g/mol. The number of hydrogen-bond donors (Lipinski definition) is 1. The van der Waals surface area contributed by atoms with Crippen molar-refractivity contribution in [1.29, 1.82) is 0 Å². The molecule has 0 radical (unpaired) electrons. The van der Waals surface area contributed by atoms with Crippen molar-refractivity contribution in [3.05, 3.63) is 35.9 Å². The molecular formula is C16H24N2. The molecule has 1 atom stereocenters. The Balaban J connectivity index is 1.49. The number of rotatable bonds is 4. The lowest BCUT2D eigenvalue weighted by Gasteiger charge is -2.25. The Morgan fingerprint density at radius 3 is 2.67 bits per heavy atom. The van der Waals surface area contributed by atoms with Crippen molar-refractivity contribution in [1.82, 2.24) is 10.2 Å². The van der Waals surface area contributed by atoms with Crippen LogP contribution in [-0.4, -0.2) is 31.6 Å². The molecule has 1 aliphatic carbocycles. The van der Waals surface area contributed by atoms with Crippen LogP contribution in [0.5, 0.6) is 0 Å². The molecule has 18 heavy (non-hydrogen) atoms. The lowest BCUT2D eigenvalue weighted by Crippen LogP contribution is -2.31. The van der Waals surface area contributed by atoms with Gasteiger partial charge in [0.1, 0.15) is 0 Å². The highest BCUT2D eigenvalue weighted by molar-refractivity contribution is 5.14. The molecule has 1 aliphatic heterocycles. The zero-order valence-corrected chi connectivity index (χ0v) is 11.4. The van der Waals surface area contributed by atoms with E-state index in [2.05, 4.69) is 47.6 Å². The fourth-order valence-corrected chi connectivity index (χ4v) is 3.56. The van der Waals surface area contributed by atoms with Crippen molar-refractivity contribution < 1.29 is 0 Å². The summed E-state index contributed by atoms with van der Waals surface area (Å²) in [4.78, 5) is 2.50. The Kier molecular flexibility index (Phi) is 3.40. The fourth-order valence-electron chi connectivity index (χ4n) is 3.56. The first-order chi connectivity index (χ1) is 8.78. The molecule has 0 bridgehead atoms. The van der Waals surface area contributed by atoms with Gasteiger partial charge in [-0.2, -0.15) is 0 Å². The van der Waals surface area contributed by atoms with Crippen molar-refractivity contribution in [3.63, 3.8) is 0 Å². The second-order valence-electron chi connectivity index (χ2n) is 6.20. The van der Waals surface area contributed by atoms with Crippen LogP contribution >= 0.6 is 0 Å². The first-order valence-corrected chi connectivity index (χ1v) is 7.22. The Morgan fingerprint density at radius 1 is 1.22 bits per heavy atom. The monoisotopic (exact) mass is 244 g/mol. The van der Waals surface area contributed by atoms with E-state index in [-0.39, 0.29) is 0 Å². The molecule has 0 amide bonds. The molecule has 1 aromatic rings. The van der Waals surface area contributed by atoms with E-state index < -0.39 is 0 Å². The first-order valence-electron chi connectivity index (χ1n) is 7.22. The molecule has 1 saturated heterocycles. The van der Waals surface area contributed by atoms with Gasteiger partial charge in [0.05, 0.1) is 0 Å². The molecule has 1 aromatic carbocycles. The molecule has 2 fully saturated rings. The summed E-state index contributed by atoms with van der Waals surface area (Å²) in [5, 5.41) is 3.48. The number of hydrogen-bond acceptors (Lipinski definition) is 2. The Morgan fingerprint density at radius 2 is 1.94 bits per heavy atom. The highest BCUT2D eigenvalue weighted by atomic mass is 15.1. The van der Waals surface area contributed by atoms with Crippen molar-refractivity contribution in [2.75, 3.05) is 26.7 Å². The van der Waals surface area contributed by atoms with Gasteiger partial charge in [-0.25, -0.2) is 0 Å². The van der Waals surface area contributed by atoms with Gasteiger partial charge in [-0.15, -0.1) is 0 Å². The lowest BCUT2D eigenvalue weighted by atomic mass is 9.92.